The Balaban J connectivity index is 1.01. The van der Waals surface area contributed by atoms with E-state index in [1.807, 2.05) is 6.07 Å². The van der Waals surface area contributed by atoms with E-state index >= 15 is 0 Å². The molecular formula is C45H47NO5. The first-order valence-electron chi connectivity index (χ1n) is 19.1. The van der Waals surface area contributed by atoms with Gasteiger partial charge in [-0.1, -0.05) is 36.4 Å². The maximum absolute atomic E-state index is 11.5. The van der Waals surface area contributed by atoms with Crippen molar-refractivity contribution in [1.82, 2.24) is 0 Å². The molecular weight excluding hydrogens is 634 g/mol. The van der Waals surface area contributed by atoms with Gasteiger partial charge in [0.1, 0.15) is 28.7 Å². The van der Waals surface area contributed by atoms with Crippen LogP contribution in [0.1, 0.15) is 98.5 Å². The molecule has 0 radical (unpaired) electrons. The number of hydrogen-bond donors (Lipinski definition) is 3. The van der Waals surface area contributed by atoms with Crippen LogP contribution in [0.2, 0.25) is 0 Å². The summed E-state index contributed by atoms with van der Waals surface area (Å²) >= 11 is 0. The number of nitrogens with two attached hydrogens (primary N) is 1. The fraction of sp³-hybridized carbons (Fsp3) is 0.444. The Morgan fingerprint density at radius 1 is 0.608 bits per heavy atom. The van der Waals surface area contributed by atoms with Gasteiger partial charge in [0.25, 0.3) is 0 Å². The van der Waals surface area contributed by atoms with E-state index in [2.05, 4.69) is 48.5 Å². The minimum atomic E-state index is -0.926. The van der Waals surface area contributed by atoms with Gasteiger partial charge >= 0.3 is 5.97 Å². The predicted molar refractivity (Wildman–Crippen MR) is 197 cm³/mol. The maximum Gasteiger partial charge on any atom is 0.335 e. The first-order valence-corrected chi connectivity index (χ1v) is 19.1. The second kappa shape index (κ2) is 11.0. The van der Waals surface area contributed by atoms with E-state index in [1.165, 1.54) is 88.2 Å². The van der Waals surface area contributed by atoms with E-state index in [0.29, 0.717) is 28.0 Å². The summed E-state index contributed by atoms with van der Waals surface area (Å²) in [5, 5.41) is 19.8. The number of phenols is 1. The van der Waals surface area contributed by atoms with Crippen LogP contribution >= 0.6 is 0 Å². The lowest BCUT2D eigenvalue weighted by Crippen LogP contribution is -2.66. The number of ether oxygens (including phenoxy) is 2. The van der Waals surface area contributed by atoms with Gasteiger partial charge in [0, 0.05) is 28.0 Å². The minimum absolute atomic E-state index is 0.0533. The number of carbonyl (C=O) groups is 1. The maximum atomic E-state index is 11.5. The summed E-state index contributed by atoms with van der Waals surface area (Å²) in [4.78, 5) is 11.5. The number of benzene rings is 4. The molecule has 12 rings (SSSR count). The van der Waals surface area contributed by atoms with Crippen molar-refractivity contribution in [3.05, 3.63) is 108 Å². The van der Waals surface area contributed by atoms with Crippen molar-refractivity contribution in [2.24, 2.45) is 34.5 Å². The van der Waals surface area contributed by atoms with Crippen molar-refractivity contribution in [1.29, 1.82) is 0 Å². The molecule has 8 aliphatic carbocycles. The lowest BCUT2D eigenvalue weighted by Gasteiger charge is -2.74. The number of phenolic OH excluding ortho intramolecular Hbond substituents is 1. The number of aromatic hydroxyl groups is 1. The molecule has 0 heterocycles. The molecule has 0 aromatic heterocycles. The third kappa shape index (κ3) is 4.84. The molecule has 0 amide bonds. The molecule has 8 fully saturated rings. The standard InChI is InChI=1S/C45H47NO5/c46-37-14-13-34(17-38(37)47)51-40-8-4-2-6-36(40)43-20-30-16-31(21-43)25-45(24-30,27-43)44-22-28-15-29(23-44)19-42(18-28,26-44)35-5-1-3-7-39(35)50-33-11-9-32(10-12-33)41(48)49/h1-14,17,28-31,47H,15-16,18-27,46H2,(H,48,49). The minimum Gasteiger partial charge on any atom is -0.506 e. The molecule has 8 aliphatic rings. The average Bonchev–Trinajstić information content (AvgIpc) is 3.09. The monoisotopic (exact) mass is 681 g/mol. The van der Waals surface area contributed by atoms with Crippen molar-refractivity contribution in [2.45, 2.75) is 87.9 Å². The molecule has 8 bridgehead atoms. The Labute approximate surface area is 300 Å². The van der Waals surface area contributed by atoms with E-state index < -0.39 is 5.97 Å². The number of aromatic carboxylic acids is 1. The van der Waals surface area contributed by atoms with Gasteiger partial charge in [-0.15, -0.1) is 0 Å². The molecule has 262 valence electrons. The normalized spacial score (nSPS) is 35.5. The van der Waals surface area contributed by atoms with Gasteiger partial charge < -0.3 is 25.4 Å². The molecule has 6 nitrogen and oxygen atoms in total. The van der Waals surface area contributed by atoms with Crippen LogP contribution in [0.15, 0.2) is 91.0 Å². The molecule has 4 aromatic carbocycles. The Morgan fingerprint density at radius 3 is 1.53 bits per heavy atom. The second-order valence-corrected chi connectivity index (χ2v) is 17.8. The highest BCUT2D eigenvalue weighted by Gasteiger charge is 2.70. The molecule has 51 heavy (non-hydrogen) atoms. The summed E-state index contributed by atoms with van der Waals surface area (Å²) in [6.07, 6.45) is 15.6. The number of rotatable bonds is 8. The molecule has 4 unspecified atom stereocenters. The third-order valence-electron chi connectivity index (χ3n) is 14.7. The number of anilines is 1. The van der Waals surface area contributed by atoms with Crippen molar-refractivity contribution in [3.8, 4) is 28.7 Å². The molecule has 0 aliphatic heterocycles. The first kappa shape index (κ1) is 31.3. The van der Waals surface area contributed by atoms with Crippen LogP contribution < -0.4 is 15.2 Å². The zero-order valence-electron chi connectivity index (χ0n) is 29.2. The summed E-state index contributed by atoms with van der Waals surface area (Å²) in [5.41, 5.74) is 10.1. The van der Waals surface area contributed by atoms with Gasteiger partial charge in [-0.25, -0.2) is 4.79 Å². The largest absolute Gasteiger partial charge is 0.506 e. The third-order valence-corrected chi connectivity index (χ3v) is 14.7. The molecule has 4 N–H and O–H groups in total. The Hall–Kier alpha value is -4.45. The van der Waals surface area contributed by atoms with Crippen molar-refractivity contribution in [3.63, 3.8) is 0 Å². The van der Waals surface area contributed by atoms with Crippen LogP contribution in [0.4, 0.5) is 5.69 Å². The lowest BCUT2D eigenvalue weighted by molar-refractivity contribution is -0.212. The summed E-state index contributed by atoms with van der Waals surface area (Å²) in [6.45, 7) is 0. The van der Waals surface area contributed by atoms with Crippen molar-refractivity contribution in [2.75, 3.05) is 5.73 Å². The van der Waals surface area contributed by atoms with Crippen LogP contribution in [-0.2, 0) is 10.8 Å². The van der Waals surface area contributed by atoms with Gasteiger partial charge in [0.2, 0.25) is 0 Å². The van der Waals surface area contributed by atoms with Crippen molar-refractivity contribution >= 4 is 11.7 Å². The smallest absolute Gasteiger partial charge is 0.335 e. The van der Waals surface area contributed by atoms with Gasteiger partial charge in [0.15, 0.2) is 0 Å². The fourth-order valence-electron chi connectivity index (χ4n) is 13.9. The van der Waals surface area contributed by atoms with E-state index in [0.717, 1.165) is 35.2 Å². The van der Waals surface area contributed by atoms with Crippen LogP contribution in [0, 0.1) is 34.5 Å². The number of para-hydroxylation sites is 2. The van der Waals surface area contributed by atoms with Crippen LogP contribution in [0.5, 0.6) is 28.7 Å². The topological polar surface area (TPSA) is 102 Å². The quantitative estimate of drug-likeness (QED) is 0.126. The number of carboxylic acid groups (broad SMARTS) is 1. The highest BCUT2D eigenvalue weighted by atomic mass is 16.5. The Kier molecular flexibility index (Phi) is 6.77. The first-order chi connectivity index (χ1) is 24.6. The van der Waals surface area contributed by atoms with Crippen LogP contribution in [0.3, 0.4) is 0 Å². The Bertz CT molecular complexity index is 2010. The molecule has 4 atom stereocenters. The zero-order valence-corrected chi connectivity index (χ0v) is 29.2. The van der Waals surface area contributed by atoms with Crippen molar-refractivity contribution < 1.29 is 24.5 Å². The summed E-state index contributed by atoms with van der Waals surface area (Å²) < 4.78 is 13.2. The Morgan fingerprint density at radius 2 is 1.06 bits per heavy atom. The zero-order chi connectivity index (χ0) is 34.6. The lowest BCUT2D eigenvalue weighted by atomic mass is 9.30. The van der Waals surface area contributed by atoms with Gasteiger partial charge in [-0.3, -0.25) is 0 Å². The molecule has 8 saturated carbocycles. The summed E-state index contributed by atoms with van der Waals surface area (Å²) in [7, 11) is 0. The highest BCUT2D eigenvalue weighted by molar-refractivity contribution is 5.87. The van der Waals surface area contributed by atoms with E-state index in [-0.39, 0.29) is 22.1 Å². The fourth-order valence-corrected chi connectivity index (χ4v) is 13.9. The van der Waals surface area contributed by atoms with Crippen LogP contribution in [0.25, 0.3) is 0 Å². The van der Waals surface area contributed by atoms with E-state index in [1.54, 1.807) is 36.4 Å². The predicted octanol–water partition coefficient (Wildman–Crippen LogP) is 10.6. The van der Waals surface area contributed by atoms with E-state index in [9.17, 15) is 15.0 Å². The molecule has 0 saturated heterocycles. The summed E-state index contributed by atoms with van der Waals surface area (Å²) in [5.74, 6) is 5.26. The van der Waals surface area contributed by atoms with Crippen LogP contribution in [-0.4, -0.2) is 16.2 Å². The number of carboxylic acids is 1. The molecule has 0 spiro atoms. The second-order valence-electron chi connectivity index (χ2n) is 17.8. The number of nitrogen functional groups attached to an aromatic ring is 1. The van der Waals surface area contributed by atoms with Gasteiger partial charge in [-0.2, -0.15) is 0 Å². The molecule has 6 heteroatoms. The number of hydrogen-bond acceptors (Lipinski definition) is 5. The van der Waals surface area contributed by atoms with Gasteiger partial charge in [-0.05, 0) is 160 Å². The van der Waals surface area contributed by atoms with E-state index in [4.69, 9.17) is 15.2 Å². The summed E-state index contributed by atoms with van der Waals surface area (Å²) in [6, 6.07) is 29.5. The average molecular weight is 682 g/mol. The highest BCUT2D eigenvalue weighted by Crippen LogP contribution is 2.79. The SMILES string of the molecule is Nc1ccc(Oc2ccccc2C23CC4CC(C2)CC(C25CC6CC(CC(c7ccccc7Oc7ccc(C(=O)O)cc7)(C6)C2)C5)(C4)C3)cc1O. The molecule has 4 aromatic rings. The van der Waals surface area contributed by atoms with Gasteiger partial charge in [0.05, 0.1) is 11.3 Å².